The zero-order valence-corrected chi connectivity index (χ0v) is 10.9. The molecule has 5 nitrogen and oxygen atoms in total. The van der Waals surface area contributed by atoms with Gasteiger partial charge in [-0.3, -0.25) is 0 Å². The van der Waals surface area contributed by atoms with E-state index in [1.54, 1.807) is 12.3 Å². The Labute approximate surface area is 113 Å². The van der Waals surface area contributed by atoms with Crippen molar-refractivity contribution in [2.45, 2.75) is 37.8 Å². The topological polar surface area (TPSA) is 75.2 Å². The number of nitriles is 1. The summed E-state index contributed by atoms with van der Waals surface area (Å²) < 4.78 is 5.85. The third-order valence-corrected chi connectivity index (χ3v) is 4.09. The van der Waals surface area contributed by atoms with E-state index >= 15 is 0 Å². The summed E-state index contributed by atoms with van der Waals surface area (Å²) in [6, 6.07) is 4.14. The fourth-order valence-electron chi connectivity index (χ4n) is 3.15. The second kappa shape index (κ2) is 5.06. The van der Waals surface area contributed by atoms with Crippen LogP contribution >= 0.6 is 0 Å². The van der Waals surface area contributed by atoms with Crippen molar-refractivity contribution in [3.63, 3.8) is 0 Å². The number of morpholine rings is 1. The van der Waals surface area contributed by atoms with E-state index in [9.17, 15) is 0 Å². The molecule has 2 aliphatic rings. The molecule has 1 aliphatic carbocycles. The van der Waals surface area contributed by atoms with Gasteiger partial charge in [0.1, 0.15) is 6.07 Å². The molecule has 0 aromatic carbocycles. The van der Waals surface area contributed by atoms with Crippen LogP contribution in [-0.2, 0) is 4.74 Å². The van der Waals surface area contributed by atoms with E-state index in [4.69, 9.17) is 15.7 Å². The lowest BCUT2D eigenvalue weighted by molar-refractivity contribution is -0.00892. The van der Waals surface area contributed by atoms with Gasteiger partial charge in [-0.25, -0.2) is 4.98 Å². The second-order valence-electron chi connectivity index (χ2n) is 5.16. The molecule has 1 saturated heterocycles. The summed E-state index contributed by atoms with van der Waals surface area (Å²) in [7, 11) is 0. The van der Waals surface area contributed by atoms with Crippen molar-refractivity contribution in [2.75, 3.05) is 23.8 Å². The highest BCUT2D eigenvalue weighted by atomic mass is 16.5. The van der Waals surface area contributed by atoms with Crippen molar-refractivity contribution in [1.82, 2.24) is 4.98 Å². The van der Waals surface area contributed by atoms with Crippen LogP contribution in [0.1, 0.15) is 31.2 Å². The van der Waals surface area contributed by atoms with Gasteiger partial charge in [0, 0.05) is 12.7 Å². The molecular formula is C14H18N4O. The number of nitrogens with zero attached hydrogens (tertiary/aromatic N) is 3. The predicted molar refractivity (Wildman–Crippen MR) is 72.7 cm³/mol. The Kier molecular flexibility index (Phi) is 3.26. The Balaban J connectivity index is 1.94. The average molecular weight is 258 g/mol. The first-order valence-corrected chi connectivity index (χ1v) is 6.84. The molecule has 19 heavy (non-hydrogen) atoms. The number of anilines is 2. The van der Waals surface area contributed by atoms with E-state index in [2.05, 4.69) is 16.0 Å². The third-order valence-electron chi connectivity index (χ3n) is 4.09. The van der Waals surface area contributed by atoms with Gasteiger partial charge in [-0.2, -0.15) is 5.26 Å². The van der Waals surface area contributed by atoms with Gasteiger partial charge in [0.05, 0.1) is 30.0 Å². The quantitative estimate of drug-likeness (QED) is 0.829. The lowest BCUT2D eigenvalue weighted by atomic mass is 9.90. The molecule has 5 heteroatoms. The Hall–Kier alpha value is -1.80. The van der Waals surface area contributed by atoms with Crippen LogP contribution in [-0.4, -0.2) is 30.3 Å². The summed E-state index contributed by atoms with van der Waals surface area (Å²) in [5.74, 6) is 0.749. The minimum absolute atomic E-state index is 0.287. The van der Waals surface area contributed by atoms with Gasteiger partial charge in [-0.15, -0.1) is 0 Å². The van der Waals surface area contributed by atoms with Crippen molar-refractivity contribution in [2.24, 2.45) is 0 Å². The molecule has 2 atom stereocenters. The summed E-state index contributed by atoms with van der Waals surface area (Å²) in [5.41, 5.74) is 7.08. The lowest BCUT2D eigenvalue weighted by Crippen LogP contribution is -2.53. The molecule has 1 saturated carbocycles. The number of nitrogens with two attached hydrogens (primary N) is 1. The van der Waals surface area contributed by atoms with Crippen molar-refractivity contribution in [1.29, 1.82) is 5.26 Å². The molecule has 1 aromatic rings. The average Bonchev–Trinajstić information content (AvgIpc) is 2.47. The van der Waals surface area contributed by atoms with Crippen molar-refractivity contribution in [3.05, 3.63) is 17.8 Å². The molecule has 3 rings (SSSR count). The summed E-state index contributed by atoms with van der Waals surface area (Å²) in [6.07, 6.45) is 6.63. The van der Waals surface area contributed by atoms with E-state index in [0.29, 0.717) is 23.9 Å². The van der Waals surface area contributed by atoms with E-state index in [-0.39, 0.29) is 6.10 Å². The summed E-state index contributed by atoms with van der Waals surface area (Å²) in [4.78, 5) is 6.64. The van der Waals surface area contributed by atoms with Crippen molar-refractivity contribution >= 4 is 11.5 Å². The molecule has 0 radical (unpaired) electrons. The number of fused-ring (bicyclic) bond motifs is 1. The Bertz CT molecular complexity index is 509. The van der Waals surface area contributed by atoms with E-state index in [0.717, 1.165) is 25.2 Å². The smallest absolute Gasteiger partial charge is 0.153 e. The molecule has 0 bridgehead atoms. The monoisotopic (exact) mass is 258 g/mol. The standard InChI is InChI=1S/C14H18N4O/c15-9-10-5-6-17-14(13(10)16)18-7-8-19-12-4-2-1-3-11(12)18/h5-6,11-12H,1-4,7-8,16H2. The minimum Gasteiger partial charge on any atom is -0.395 e. The zero-order chi connectivity index (χ0) is 13.2. The van der Waals surface area contributed by atoms with E-state index in [1.807, 2.05) is 0 Å². The molecule has 2 N–H and O–H groups in total. The van der Waals surface area contributed by atoms with Crippen LogP contribution in [0, 0.1) is 11.3 Å². The number of ether oxygens (including phenoxy) is 1. The van der Waals surface area contributed by atoms with Gasteiger partial charge in [0.25, 0.3) is 0 Å². The lowest BCUT2D eigenvalue weighted by Gasteiger charge is -2.44. The summed E-state index contributed by atoms with van der Waals surface area (Å²) in [6.45, 7) is 1.51. The number of hydrogen-bond donors (Lipinski definition) is 1. The third kappa shape index (κ3) is 2.13. The number of pyridine rings is 1. The van der Waals surface area contributed by atoms with Gasteiger partial charge in [0.2, 0.25) is 0 Å². The maximum atomic E-state index is 9.07. The normalized spacial score (nSPS) is 26.6. The molecule has 2 heterocycles. The molecule has 1 aliphatic heterocycles. The van der Waals surface area contributed by atoms with Crippen LogP contribution in [0.2, 0.25) is 0 Å². The molecule has 2 unspecified atom stereocenters. The maximum Gasteiger partial charge on any atom is 0.153 e. The summed E-state index contributed by atoms with van der Waals surface area (Å²) in [5, 5.41) is 9.07. The number of hydrogen-bond acceptors (Lipinski definition) is 5. The van der Waals surface area contributed by atoms with Crippen LogP contribution in [0.3, 0.4) is 0 Å². The van der Waals surface area contributed by atoms with Crippen LogP contribution in [0.5, 0.6) is 0 Å². The molecule has 100 valence electrons. The maximum absolute atomic E-state index is 9.07. The highest BCUT2D eigenvalue weighted by Gasteiger charge is 2.35. The van der Waals surface area contributed by atoms with Crippen molar-refractivity contribution in [3.8, 4) is 6.07 Å². The van der Waals surface area contributed by atoms with Crippen LogP contribution < -0.4 is 10.6 Å². The number of rotatable bonds is 1. The number of nitrogen functional groups attached to an aromatic ring is 1. The first kappa shape index (κ1) is 12.2. The van der Waals surface area contributed by atoms with Crippen molar-refractivity contribution < 1.29 is 4.74 Å². The van der Waals surface area contributed by atoms with Crippen LogP contribution in [0.25, 0.3) is 0 Å². The van der Waals surface area contributed by atoms with Crippen LogP contribution in [0.15, 0.2) is 12.3 Å². The van der Waals surface area contributed by atoms with Gasteiger partial charge >= 0.3 is 0 Å². The summed E-state index contributed by atoms with van der Waals surface area (Å²) >= 11 is 0. The van der Waals surface area contributed by atoms with E-state index < -0.39 is 0 Å². The molecular weight excluding hydrogens is 240 g/mol. The fourth-order valence-corrected chi connectivity index (χ4v) is 3.15. The van der Waals surface area contributed by atoms with Crippen LogP contribution in [0.4, 0.5) is 11.5 Å². The fraction of sp³-hybridized carbons (Fsp3) is 0.571. The molecule has 1 aromatic heterocycles. The first-order valence-electron chi connectivity index (χ1n) is 6.84. The van der Waals surface area contributed by atoms with Gasteiger partial charge in [-0.05, 0) is 18.9 Å². The Morgan fingerprint density at radius 3 is 3.11 bits per heavy atom. The predicted octanol–water partition coefficient (Wildman–Crippen LogP) is 1.68. The minimum atomic E-state index is 0.287. The SMILES string of the molecule is N#Cc1ccnc(N2CCOC3CCCCC32)c1N. The Morgan fingerprint density at radius 2 is 2.26 bits per heavy atom. The van der Waals surface area contributed by atoms with Gasteiger partial charge in [0.15, 0.2) is 5.82 Å². The highest BCUT2D eigenvalue weighted by Crippen LogP contribution is 2.34. The number of aromatic nitrogens is 1. The molecule has 0 amide bonds. The van der Waals surface area contributed by atoms with Gasteiger partial charge in [-0.1, -0.05) is 12.8 Å². The van der Waals surface area contributed by atoms with Gasteiger partial charge < -0.3 is 15.4 Å². The largest absolute Gasteiger partial charge is 0.395 e. The first-order chi connectivity index (χ1) is 9.31. The Morgan fingerprint density at radius 1 is 1.42 bits per heavy atom. The molecule has 0 spiro atoms. The molecule has 2 fully saturated rings. The van der Waals surface area contributed by atoms with E-state index in [1.165, 1.54) is 12.8 Å². The highest BCUT2D eigenvalue weighted by molar-refractivity contribution is 5.70. The second-order valence-corrected chi connectivity index (χ2v) is 5.16. The zero-order valence-electron chi connectivity index (χ0n) is 10.9.